The van der Waals surface area contributed by atoms with E-state index in [0.717, 1.165) is 5.56 Å². The minimum atomic E-state index is 0.101. The highest BCUT2D eigenvalue weighted by Crippen LogP contribution is 2.21. The predicted octanol–water partition coefficient (Wildman–Crippen LogP) is 1.14. The van der Waals surface area contributed by atoms with E-state index in [1.165, 1.54) is 14.2 Å². The maximum Gasteiger partial charge on any atom is 0.331 e. The molecule has 2 rings (SSSR count). The molecule has 0 unspecified atom stereocenters. The van der Waals surface area contributed by atoms with Crippen LogP contribution in [0.1, 0.15) is 5.56 Å². The number of nitrogens with two attached hydrogens (primary N) is 1. The van der Waals surface area contributed by atoms with Crippen LogP contribution in [0.15, 0.2) is 24.3 Å². The zero-order chi connectivity index (χ0) is 13.7. The predicted molar refractivity (Wildman–Crippen MR) is 67.3 cm³/mol. The molecule has 0 aliphatic heterocycles. The van der Waals surface area contributed by atoms with Crippen LogP contribution in [0.2, 0.25) is 0 Å². The highest BCUT2D eigenvalue weighted by Gasteiger charge is 2.09. The Hall–Kier alpha value is -2.41. The molecule has 1 aromatic carbocycles. The largest absolute Gasteiger partial charge is 0.467 e. The van der Waals surface area contributed by atoms with Crippen molar-refractivity contribution in [1.29, 1.82) is 0 Å². The highest BCUT2D eigenvalue weighted by atomic mass is 16.5. The summed E-state index contributed by atoms with van der Waals surface area (Å²) in [5, 5.41) is 0. The summed E-state index contributed by atoms with van der Waals surface area (Å²) in [6.07, 6.45) is 0. The van der Waals surface area contributed by atoms with Crippen LogP contribution < -0.4 is 19.9 Å². The topological polar surface area (TPSA) is 92.4 Å². The molecule has 0 saturated carbocycles. The lowest BCUT2D eigenvalue weighted by Crippen LogP contribution is -2.01. The number of nitrogens with zero attached hydrogens (tertiary/aromatic N) is 3. The summed E-state index contributed by atoms with van der Waals surface area (Å²) in [7, 11) is 2.91. The Bertz CT molecular complexity index is 523. The monoisotopic (exact) mass is 262 g/mol. The summed E-state index contributed by atoms with van der Waals surface area (Å²) >= 11 is 0. The van der Waals surface area contributed by atoms with Gasteiger partial charge in [-0.2, -0.15) is 0 Å². The smallest absolute Gasteiger partial charge is 0.331 e. The maximum absolute atomic E-state index is 5.52. The van der Waals surface area contributed by atoms with Crippen molar-refractivity contribution in [3.05, 3.63) is 29.8 Å². The van der Waals surface area contributed by atoms with Crippen molar-refractivity contribution < 1.29 is 14.2 Å². The van der Waals surface area contributed by atoms with Crippen molar-refractivity contribution in [3.8, 4) is 23.8 Å². The molecule has 0 bridgehead atoms. The number of hydrogen-bond donors (Lipinski definition) is 1. The number of aromatic nitrogens is 3. The molecular weight excluding hydrogens is 248 g/mol. The molecule has 0 atom stereocenters. The van der Waals surface area contributed by atoms with E-state index in [0.29, 0.717) is 12.3 Å². The Morgan fingerprint density at radius 2 is 1.42 bits per heavy atom. The van der Waals surface area contributed by atoms with E-state index in [2.05, 4.69) is 15.0 Å². The van der Waals surface area contributed by atoms with E-state index in [1.54, 1.807) is 12.1 Å². The van der Waals surface area contributed by atoms with E-state index in [-0.39, 0.29) is 18.0 Å². The van der Waals surface area contributed by atoms with Gasteiger partial charge in [-0.3, -0.25) is 0 Å². The van der Waals surface area contributed by atoms with Crippen molar-refractivity contribution in [2.75, 3.05) is 14.2 Å². The second-order valence-electron chi connectivity index (χ2n) is 3.54. The number of hydrogen-bond acceptors (Lipinski definition) is 7. The van der Waals surface area contributed by atoms with Gasteiger partial charge in [-0.05, 0) is 17.7 Å². The van der Waals surface area contributed by atoms with Crippen molar-refractivity contribution >= 4 is 0 Å². The standard InChI is InChI=1S/C12H14N4O3/c1-17-10-14-11(18-2)16-12(15-10)19-9-5-3-8(7-13)4-6-9/h3-6H,7,13H2,1-2H3. The summed E-state index contributed by atoms with van der Waals surface area (Å²) in [5.74, 6) is 0.590. The first-order valence-corrected chi connectivity index (χ1v) is 5.56. The van der Waals surface area contributed by atoms with E-state index in [4.69, 9.17) is 19.9 Å². The fourth-order valence-corrected chi connectivity index (χ4v) is 1.35. The molecule has 1 aromatic heterocycles. The summed E-state index contributed by atoms with van der Waals surface area (Å²) in [4.78, 5) is 11.8. The molecule has 1 heterocycles. The van der Waals surface area contributed by atoms with Gasteiger partial charge in [0.25, 0.3) is 0 Å². The third-order valence-electron chi connectivity index (χ3n) is 2.31. The number of rotatable bonds is 5. The molecule has 0 amide bonds. The Kier molecular flexibility index (Phi) is 4.09. The van der Waals surface area contributed by atoms with Gasteiger partial charge in [0.15, 0.2) is 0 Å². The Morgan fingerprint density at radius 3 is 1.89 bits per heavy atom. The third-order valence-corrected chi connectivity index (χ3v) is 2.31. The first-order valence-electron chi connectivity index (χ1n) is 5.56. The number of methoxy groups -OCH3 is 2. The fraction of sp³-hybridized carbons (Fsp3) is 0.250. The van der Waals surface area contributed by atoms with Crippen molar-refractivity contribution in [1.82, 2.24) is 15.0 Å². The van der Waals surface area contributed by atoms with Crippen LogP contribution in [0, 0.1) is 0 Å². The lowest BCUT2D eigenvalue weighted by molar-refractivity contribution is 0.320. The second kappa shape index (κ2) is 5.96. The van der Waals surface area contributed by atoms with Gasteiger partial charge in [0.05, 0.1) is 14.2 Å². The SMILES string of the molecule is COc1nc(OC)nc(Oc2ccc(CN)cc2)n1. The minimum Gasteiger partial charge on any atom is -0.467 e. The lowest BCUT2D eigenvalue weighted by atomic mass is 10.2. The Morgan fingerprint density at radius 1 is 0.895 bits per heavy atom. The average Bonchev–Trinajstić information content (AvgIpc) is 2.47. The summed E-state index contributed by atoms with van der Waals surface area (Å²) in [6.45, 7) is 0.480. The van der Waals surface area contributed by atoms with Crippen LogP contribution >= 0.6 is 0 Å². The molecule has 0 aliphatic carbocycles. The van der Waals surface area contributed by atoms with E-state index >= 15 is 0 Å². The average molecular weight is 262 g/mol. The molecule has 100 valence electrons. The summed E-state index contributed by atoms with van der Waals surface area (Å²) < 4.78 is 15.4. The van der Waals surface area contributed by atoms with Gasteiger partial charge in [0.2, 0.25) is 0 Å². The number of ether oxygens (including phenoxy) is 3. The molecule has 2 N–H and O–H groups in total. The molecule has 0 fully saturated rings. The van der Waals surface area contributed by atoms with Gasteiger partial charge in [-0.25, -0.2) is 0 Å². The summed E-state index contributed by atoms with van der Waals surface area (Å²) in [5.41, 5.74) is 6.53. The lowest BCUT2D eigenvalue weighted by Gasteiger charge is -2.06. The van der Waals surface area contributed by atoms with Crippen molar-refractivity contribution in [3.63, 3.8) is 0 Å². The van der Waals surface area contributed by atoms with Crippen molar-refractivity contribution in [2.45, 2.75) is 6.54 Å². The van der Waals surface area contributed by atoms with Crippen LogP contribution in [0.3, 0.4) is 0 Å². The maximum atomic E-state index is 5.52. The highest BCUT2D eigenvalue weighted by molar-refractivity contribution is 5.29. The Labute approximate surface area is 110 Å². The van der Waals surface area contributed by atoms with E-state index in [9.17, 15) is 0 Å². The number of benzene rings is 1. The Balaban J connectivity index is 2.21. The molecule has 0 spiro atoms. The molecule has 0 saturated heterocycles. The molecule has 0 radical (unpaired) electrons. The molecule has 0 aliphatic rings. The van der Waals surface area contributed by atoms with Crippen LogP contribution in [-0.2, 0) is 6.54 Å². The van der Waals surface area contributed by atoms with Gasteiger partial charge in [0, 0.05) is 6.54 Å². The third kappa shape index (κ3) is 3.29. The van der Waals surface area contributed by atoms with Gasteiger partial charge in [-0.15, -0.1) is 15.0 Å². The molecule has 7 nitrogen and oxygen atoms in total. The summed E-state index contributed by atoms with van der Waals surface area (Å²) in [6, 6.07) is 7.65. The normalized spacial score (nSPS) is 10.1. The minimum absolute atomic E-state index is 0.101. The zero-order valence-corrected chi connectivity index (χ0v) is 10.7. The zero-order valence-electron chi connectivity index (χ0n) is 10.7. The van der Waals surface area contributed by atoms with Crippen LogP contribution in [0.4, 0.5) is 0 Å². The van der Waals surface area contributed by atoms with Crippen LogP contribution in [-0.4, -0.2) is 29.2 Å². The second-order valence-corrected chi connectivity index (χ2v) is 3.54. The molecule has 7 heteroatoms. The van der Waals surface area contributed by atoms with Crippen molar-refractivity contribution in [2.24, 2.45) is 5.73 Å². The van der Waals surface area contributed by atoms with Gasteiger partial charge in [0.1, 0.15) is 5.75 Å². The van der Waals surface area contributed by atoms with Gasteiger partial charge in [-0.1, -0.05) is 12.1 Å². The first kappa shape index (κ1) is 13.0. The van der Waals surface area contributed by atoms with Gasteiger partial charge < -0.3 is 19.9 Å². The van der Waals surface area contributed by atoms with Gasteiger partial charge >= 0.3 is 18.0 Å². The molecule has 19 heavy (non-hydrogen) atoms. The van der Waals surface area contributed by atoms with E-state index < -0.39 is 0 Å². The first-order chi connectivity index (χ1) is 9.25. The van der Waals surface area contributed by atoms with Crippen LogP contribution in [0.5, 0.6) is 23.8 Å². The molecule has 2 aromatic rings. The fourth-order valence-electron chi connectivity index (χ4n) is 1.35. The van der Waals surface area contributed by atoms with E-state index in [1.807, 2.05) is 12.1 Å². The molecular formula is C12H14N4O3. The van der Waals surface area contributed by atoms with Crippen LogP contribution in [0.25, 0.3) is 0 Å². The quantitative estimate of drug-likeness (QED) is 0.863.